The summed E-state index contributed by atoms with van der Waals surface area (Å²) >= 11 is 0. The van der Waals surface area contributed by atoms with Gasteiger partial charge in [-0.25, -0.2) is 0 Å². The van der Waals surface area contributed by atoms with Crippen LogP contribution in [0.25, 0.3) is 0 Å². The van der Waals surface area contributed by atoms with Crippen LogP contribution in [0.1, 0.15) is 13.8 Å². The number of methoxy groups -OCH3 is 1. The van der Waals surface area contributed by atoms with Gasteiger partial charge >= 0.3 is 0 Å². The predicted octanol–water partition coefficient (Wildman–Crippen LogP) is 2.36. The van der Waals surface area contributed by atoms with Crippen LogP contribution in [-0.2, 0) is 4.74 Å². The van der Waals surface area contributed by atoms with E-state index in [0.29, 0.717) is 0 Å². The van der Waals surface area contributed by atoms with Crippen molar-refractivity contribution in [2.24, 2.45) is 0 Å². The van der Waals surface area contributed by atoms with Crippen molar-refractivity contribution in [3.63, 3.8) is 0 Å². The molecule has 1 nitrogen and oxygen atoms in total. The van der Waals surface area contributed by atoms with Crippen molar-refractivity contribution in [1.82, 2.24) is 0 Å². The fourth-order valence-corrected chi connectivity index (χ4v) is 0. The van der Waals surface area contributed by atoms with Gasteiger partial charge in [-0.05, 0) is 13.8 Å². The van der Waals surface area contributed by atoms with Crippen LogP contribution in [0.2, 0.25) is 0 Å². The maximum Gasteiger partial charge on any atom is 0.0766 e. The molecule has 0 aliphatic rings. The van der Waals surface area contributed by atoms with Crippen molar-refractivity contribution < 1.29 is 4.74 Å². The molecule has 0 saturated heterocycles. The van der Waals surface area contributed by atoms with Crippen LogP contribution in [0.3, 0.4) is 0 Å². The number of rotatable bonds is 1. The Morgan fingerprint density at radius 3 is 1.62 bits per heavy atom. The molecule has 0 unspecified atom stereocenters. The lowest BCUT2D eigenvalue weighted by atomic mass is 10.4. The first-order chi connectivity index (χ1) is 3.65. The second-order valence-electron chi connectivity index (χ2n) is 1.61. The van der Waals surface area contributed by atoms with Gasteiger partial charge in [0.15, 0.2) is 0 Å². The minimum absolute atomic E-state index is 1.17. The second-order valence-corrected chi connectivity index (χ2v) is 1.61. The van der Waals surface area contributed by atoms with Gasteiger partial charge in [-0.1, -0.05) is 12.2 Å². The van der Waals surface area contributed by atoms with Crippen LogP contribution >= 0.6 is 0 Å². The van der Waals surface area contributed by atoms with E-state index in [0.717, 1.165) is 0 Å². The van der Waals surface area contributed by atoms with Gasteiger partial charge in [0.1, 0.15) is 0 Å². The highest BCUT2D eigenvalue weighted by molar-refractivity contribution is 4.78. The highest BCUT2D eigenvalue weighted by atomic mass is 16.5. The fourth-order valence-electron chi connectivity index (χ4n) is 0. The summed E-state index contributed by atoms with van der Waals surface area (Å²) in [5.74, 6) is 0. The lowest BCUT2D eigenvalue weighted by Gasteiger charge is -1.73. The van der Waals surface area contributed by atoms with Gasteiger partial charge in [-0.2, -0.15) is 0 Å². The molecule has 0 atom stereocenters. The molecule has 0 spiro atoms. The van der Waals surface area contributed by atoms with Gasteiger partial charge in [0, 0.05) is 0 Å². The van der Waals surface area contributed by atoms with Crippen LogP contribution in [0.4, 0.5) is 0 Å². The molecule has 0 radical (unpaired) electrons. The highest BCUT2D eigenvalue weighted by Gasteiger charge is 1.51. The summed E-state index contributed by atoms with van der Waals surface area (Å²) < 4.78 is 4.31. The predicted molar refractivity (Wildman–Crippen MR) is 37.7 cm³/mol. The van der Waals surface area contributed by atoms with Gasteiger partial charge in [0.05, 0.1) is 13.4 Å². The van der Waals surface area contributed by atoms with Gasteiger partial charge in [-0.15, -0.1) is 6.58 Å². The van der Waals surface area contributed by atoms with E-state index in [2.05, 4.69) is 17.9 Å². The van der Waals surface area contributed by atoms with E-state index in [1.807, 2.05) is 13.8 Å². The minimum Gasteiger partial charge on any atom is -0.505 e. The molecule has 0 aromatic heterocycles. The quantitative estimate of drug-likeness (QED) is 0.375. The summed E-state index contributed by atoms with van der Waals surface area (Å²) in [7, 11) is 1.56. The average Bonchev–Trinajstić information content (AvgIpc) is 1.65. The van der Waals surface area contributed by atoms with E-state index in [1.54, 1.807) is 7.11 Å². The fraction of sp³-hybridized carbons (Fsp3) is 0.429. The minimum atomic E-state index is 1.17. The summed E-state index contributed by atoms with van der Waals surface area (Å²) in [6, 6.07) is 0. The first kappa shape index (κ1) is 10.3. The first-order valence-electron chi connectivity index (χ1n) is 2.41. The SMILES string of the molecule is C=C(C)C.C=COC. The maximum atomic E-state index is 4.31. The molecular formula is C7H14O. The lowest BCUT2D eigenvalue weighted by molar-refractivity contribution is 0.339. The third-order valence-corrected chi connectivity index (χ3v) is 0.167. The first-order valence-corrected chi connectivity index (χ1v) is 2.41. The molecule has 0 N–H and O–H groups in total. The van der Waals surface area contributed by atoms with E-state index >= 15 is 0 Å². The lowest BCUT2D eigenvalue weighted by Crippen LogP contribution is -1.54. The monoisotopic (exact) mass is 114 g/mol. The zero-order chi connectivity index (χ0) is 6.99. The molecule has 0 rings (SSSR count). The maximum absolute atomic E-state index is 4.31. The molecular weight excluding hydrogens is 100 g/mol. The summed E-state index contributed by atoms with van der Waals surface area (Å²) in [6.07, 6.45) is 1.38. The van der Waals surface area contributed by atoms with E-state index < -0.39 is 0 Å². The number of hydrogen-bond acceptors (Lipinski definition) is 1. The van der Waals surface area contributed by atoms with E-state index in [1.165, 1.54) is 11.8 Å². The largest absolute Gasteiger partial charge is 0.505 e. The third kappa shape index (κ3) is 1230. The van der Waals surface area contributed by atoms with Crippen molar-refractivity contribution in [3.05, 3.63) is 25.0 Å². The highest BCUT2D eigenvalue weighted by Crippen LogP contribution is 1.73. The number of allylic oxidation sites excluding steroid dienone is 1. The molecule has 0 aliphatic heterocycles. The Hall–Kier alpha value is -0.720. The van der Waals surface area contributed by atoms with Crippen LogP contribution in [0.15, 0.2) is 25.0 Å². The molecule has 0 aromatic carbocycles. The van der Waals surface area contributed by atoms with E-state index in [-0.39, 0.29) is 0 Å². The van der Waals surface area contributed by atoms with Crippen molar-refractivity contribution in [3.8, 4) is 0 Å². The van der Waals surface area contributed by atoms with Gasteiger partial charge in [0.25, 0.3) is 0 Å². The number of hydrogen-bond donors (Lipinski definition) is 0. The number of ether oxygens (including phenoxy) is 1. The van der Waals surface area contributed by atoms with Crippen LogP contribution in [0.5, 0.6) is 0 Å². The Balaban J connectivity index is 0. The van der Waals surface area contributed by atoms with Crippen molar-refractivity contribution in [2.45, 2.75) is 13.8 Å². The molecule has 0 heterocycles. The van der Waals surface area contributed by atoms with Crippen LogP contribution in [-0.4, -0.2) is 7.11 Å². The smallest absolute Gasteiger partial charge is 0.0766 e. The summed E-state index contributed by atoms with van der Waals surface area (Å²) in [6.45, 7) is 10.8. The van der Waals surface area contributed by atoms with E-state index in [4.69, 9.17) is 0 Å². The Labute approximate surface area is 51.7 Å². The Morgan fingerprint density at radius 2 is 1.62 bits per heavy atom. The average molecular weight is 114 g/mol. The molecule has 0 fully saturated rings. The summed E-state index contributed by atoms with van der Waals surface area (Å²) in [4.78, 5) is 0. The Kier molecular flexibility index (Phi) is 12.3. The topological polar surface area (TPSA) is 9.23 Å². The standard InChI is InChI=1S/C4H8.C3H6O/c1-4(2)3;1-3-4-2/h1H2,2-3H3;3H,1H2,2H3. The molecule has 8 heavy (non-hydrogen) atoms. The Morgan fingerprint density at radius 1 is 1.50 bits per heavy atom. The molecule has 0 bridgehead atoms. The van der Waals surface area contributed by atoms with Crippen molar-refractivity contribution >= 4 is 0 Å². The summed E-state index contributed by atoms with van der Waals surface area (Å²) in [5, 5.41) is 0. The molecule has 48 valence electrons. The van der Waals surface area contributed by atoms with Gasteiger partial charge in [0.2, 0.25) is 0 Å². The third-order valence-electron chi connectivity index (χ3n) is 0.167. The van der Waals surface area contributed by atoms with Crippen molar-refractivity contribution in [2.75, 3.05) is 7.11 Å². The van der Waals surface area contributed by atoms with Crippen LogP contribution in [0, 0.1) is 0 Å². The Bertz CT molecular complexity index is 60.8. The van der Waals surface area contributed by atoms with E-state index in [9.17, 15) is 0 Å². The van der Waals surface area contributed by atoms with Gasteiger partial charge < -0.3 is 4.74 Å². The zero-order valence-electron chi connectivity index (χ0n) is 5.90. The van der Waals surface area contributed by atoms with Crippen molar-refractivity contribution in [1.29, 1.82) is 0 Å². The summed E-state index contributed by atoms with van der Waals surface area (Å²) in [5.41, 5.74) is 1.17. The van der Waals surface area contributed by atoms with Crippen LogP contribution < -0.4 is 0 Å². The molecule has 0 saturated carbocycles. The normalized spacial score (nSPS) is 5.88. The molecule has 0 aliphatic carbocycles. The molecule has 0 amide bonds. The second kappa shape index (κ2) is 9.56. The molecule has 0 aromatic rings. The van der Waals surface area contributed by atoms with Gasteiger partial charge in [-0.3, -0.25) is 0 Å². The zero-order valence-corrected chi connectivity index (χ0v) is 5.90. The molecule has 1 heteroatoms.